The Morgan fingerprint density at radius 2 is 1.93 bits per heavy atom. The summed E-state index contributed by atoms with van der Waals surface area (Å²) in [7, 11) is 1.65. The fourth-order valence-corrected chi connectivity index (χ4v) is 4.55. The van der Waals surface area contributed by atoms with Gasteiger partial charge in [-0.25, -0.2) is 4.98 Å². The van der Waals surface area contributed by atoms with Gasteiger partial charge in [0.05, 0.1) is 17.5 Å². The van der Waals surface area contributed by atoms with Crippen molar-refractivity contribution in [2.75, 3.05) is 7.11 Å². The number of nitrogens with one attached hydrogen (secondary N) is 1. The molecule has 4 nitrogen and oxygen atoms in total. The van der Waals surface area contributed by atoms with E-state index in [9.17, 15) is 4.79 Å². The van der Waals surface area contributed by atoms with Crippen molar-refractivity contribution in [3.63, 3.8) is 0 Å². The van der Waals surface area contributed by atoms with Gasteiger partial charge in [0.2, 0.25) is 0 Å². The molecule has 4 rings (SSSR count). The van der Waals surface area contributed by atoms with Gasteiger partial charge in [0, 0.05) is 16.0 Å². The molecule has 0 unspecified atom stereocenters. The van der Waals surface area contributed by atoms with Crippen molar-refractivity contribution in [1.29, 1.82) is 0 Å². The van der Waals surface area contributed by atoms with E-state index in [4.69, 9.17) is 16.3 Å². The van der Waals surface area contributed by atoms with Crippen LogP contribution in [-0.2, 0) is 0 Å². The van der Waals surface area contributed by atoms with Crippen molar-refractivity contribution < 1.29 is 4.74 Å². The Morgan fingerprint density at radius 3 is 2.63 bits per heavy atom. The van der Waals surface area contributed by atoms with Crippen molar-refractivity contribution in [3.8, 4) is 28.3 Å². The average Bonchev–Trinajstić information content (AvgIpc) is 2.98. The van der Waals surface area contributed by atoms with E-state index in [2.05, 4.69) is 9.97 Å². The Morgan fingerprint density at radius 1 is 1.15 bits per heavy atom. The fourth-order valence-electron chi connectivity index (χ4n) is 3.28. The predicted molar refractivity (Wildman–Crippen MR) is 112 cm³/mol. The van der Waals surface area contributed by atoms with E-state index < -0.39 is 0 Å². The van der Waals surface area contributed by atoms with Gasteiger partial charge in [0.15, 0.2) is 0 Å². The standard InChI is InChI=1S/C21H17ClN2O2S/c1-11-10-13(8-9-16(11)26-3)17-12(2)27-21-18(17)20(25)23-19(24-21)14-6-4-5-7-15(14)22/h4-10H,1-3H3,(H,23,24,25). The molecular weight excluding hydrogens is 380 g/mol. The molecule has 4 aromatic rings. The van der Waals surface area contributed by atoms with Crippen LogP contribution in [0.2, 0.25) is 5.02 Å². The van der Waals surface area contributed by atoms with E-state index in [-0.39, 0.29) is 5.56 Å². The van der Waals surface area contributed by atoms with E-state index in [1.807, 2.05) is 50.2 Å². The highest BCUT2D eigenvalue weighted by Crippen LogP contribution is 2.38. The molecule has 0 aliphatic heterocycles. The first-order chi connectivity index (χ1) is 13.0. The summed E-state index contributed by atoms with van der Waals surface area (Å²) in [6, 6.07) is 13.3. The zero-order valence-electron chi connectivity index (χ0n) is 15.1. The number of thiophene rings is 1. The lowest BCUT2D eigenvalue weighted by molar-refractivity contribution is 0.412. The van der Waals surface area contributed by atoms with Gasteiger partial charge in [-0.15, -0.1) is 11.3 Å². The summed E-state index contributed by atoms with van der Waals surface area (Å²) in [6.07, 6.45) is 0. The maximum absolute atomic E-state index is 12.9. The summed E-state index contributed by atoms with van der Waals surface area (Å²) in [5.74, 6) is 1.31. The van der Waals surface area contributed by atoms with Crippen LogP contribution in [0.15, 0.2) is 47.3 Å². The van der Waals surface area contributed by atoms with Gasteiger partial charge in [-0.05, 0) is 49.2 Å². The van der Waals surface area contributed by atoms with Gasteiger partial charge in [-0.1, -0.05) is 29.8 Å². The van der Waals surface area contributed by atoms with Crippen LogP contribution >= 0.6 is 22.9 Å². The van der Waals surface area contributed by atoms with Gasteiger partial charge < -0.3 is 9.72 Å². The van der Waals surface area contributed by atoms with Gasteiger partial charge in [-0.3, -0.25) is 4.79 Å². The minimum Gasteiger partial charge on any atom is -0.496 e. The number of fused-ring (bicyclic) bond motifs is 1. The van der Waals surface area contributed by atoms with Crippen LogP contribution in [-0.4, -0.2) is 17.1 Å². The monoisotopic (exact) mass is 396 g/mol. The van der Waals surface area contributed by atoms with Gasteiger partial charge >= 0.3 is 0 Å². The van der Waals surface area contributed by atoms with Crippen molar-refractivity contribution in [2.45, 2.75) is 13.8 Å². The van der Waals surface area contributed by atoms with E-state index >= 15 is 0 Å². The molecule has 2 aromatic carbocycles. The Kier molecular flexibility index (Phi) is 4.50. The minimum atomic E-state index is -0.164. The highest BCUT2D eigenvalue weighted by atomic mass is 35.5. The third-order valence-corrected chi connectivity index (χ3v) is 5.88. The summed E-state index contributed by atoms with van der Waals surface area (Å²) in [6.45, 7) is 4.00. The van der Waals surface area contributed by atoms with Crippen LogP contribution in [0.25, 0.3) is 32.7 Å². The van der Waals surface area contributed by atoms with Crippen LogP contribution in [0.4, 0.5) is 0 Å². The number of hydrogen-bond acceptors (Lipinski definition) is 4. The molecule has 0 radical (unpaired) electrons. The van der Waals surface area contributed by atoms with Gasteiger partial charge in [0.25, 0.3) is 5.56 Å². The number of benzene rings is 2. The second kappa shape index (κ2) is 6.83. The van der Waals surface area contributed by atoms with Crippen LogP contribution in [0.5, 0.6) is 5.75 Å². The summed E-state index contributed by atoms with van der Waals surface area (Å²) in [5.41, 5.74) is 3.47. The van der Waals surface area contributed by atoms with Crippen molar-refractivity contribution in [1.82, 2.24) is 9.97 Å². The lowest BCUT2D eigenvalue weighted by Gasteiger charge is -2.08. The molecule has 2 aromatic heterocycles. The molecule has 0 saturated heterocycles. The normalized spacial score (nSPS) is 11.1. The Labute approximate surface area is 165 Å². The number of hydrogen-bond donors (Lipinski definition) is 1. The zero-order chi connectivity index (χ0) is 19.1. The highest BCUT2D eigenvalue weighted by molar-refractivity contribution is 7.19. The van der Waals surface area contributed by atoms with E-state index in [1.165, 1.54) is 11.3 Å². The molecule has 2 heterocycles. The molecular formula is C21H17ClN2O2S. The zero-order valence-corrected chi connectivity index (χ0v) is 16.7. The highest BCUT2D eigenvalue weighted by Gasteiger charge is 2.18. The summed E-state index contributed by atoms with van der Waals surface area (Å²) in [5, 5.41) is 1.16. The topological polar surface area (TPSA) is 55.0 Å². The molecule has 0 amide bonds. The average molecular weight is 397 g/mol. The molecule has 136 valence electrons. The van der Waals surface area contributed by atoms with Crippen LogP contribution in [0.1, 0.15) is 10.4 Å². The van der Waals surface area contributed by atoms with E-state index in [0.29, 0.717) is 26.6 Å². The Balaban J connectivity index is 1.95. The number of halogens is 1. The lowest BCUT2D eigenvalue weighted by atomic mass is 10.0. The number of methoxy groups -OCH3 is 1. The smallest absolute Gasteiger partial charge is 0.260 e. The van der Waals surface area contributed by atoms with Gasteiger partial charge in [-0.2, -0.15) is 0 Å². The Hall–Kier alpha value is -2.63. The maximum Gasteiger partial charge on any atom is 0.260 e. The molecule has 1 N–H and O–H groups in total. The molecule has 6 heteroatoms. The number of aryl methyl sites for hydroxylation is 2. The van der Waals surface area contributed by atoms with Crippen LogP contribution < -0.4 is 10.3 Å². The second-order valence-electron chi connectivity index (χ2n) is 6.29. The quantitative estimate of drug-likeness (QED) is 0.490. The Bertz CT molecular complexity index is 1230. The number of H-pyrrole nitrogens is 1. The molecule has 0 saturated carbocycles. The first-order valence-electron chi connectivity index (χ1n) is 8.43. The third kappa shape index (κ3) is 3.03. The molecule has 0 aliphatic carbocycles. The predicted octanol–water partition coefficient (Wildman–Crippen LogP) is 5.60. The molecule has 0 fully saturated rings. The van der Waals surface area contributed by atoms with Crippen LogP contribution in [0, 0.1) is 13.8 Å². The minimum absolute atomic E-state index is 0.164. The number of nitrogens with zero attached hydrogens (tertiary/aromatic N) is 1. The number of aromatic amines is 1. The molecule has 0 bridgehead atoms. The molecule has 0 atom stereocenters. The summed E-state index contributed by atoms with van der Waals surface area (Å²) < 4.78 is 5.34. The summed E-state index contributed by atoms with van der Waals surface area (Å²) in [4.78, 5) is 22.3. The lowest BCUT2D eigenvalue weighted by Crippen LogP contribution is -2.09. The largest absolute Gasteiger partial charge is 0.496 e. The van der Waals surface area contributed by atoms with E-state index in [1.54, 1.807) is 13.2 Å². The van der Waals surface area contributed by atoms with Crippen molar-refractivity contribution in [3.05, 3.63) is 68.3 Å². The fraction of sp³-hybridized carbons (Fsp3) is 0.143. The van der Waals surface area contributed by atoms with Gasteiger partial charge in [0.1, 0.15) is 16.4 Å². The van der Waals surface area contributed by atoms with E-state index in [0.717, 1.165) is 27.3 Å². The summed E-state index contributed by atoms with van der Waals surface area (Å²) >= 11 is 7.78. The number of ether oxygens (including phenoxy) is 1. The number of rotatable bonds is 3. The maximum atomic E-state index is 12.9. The van der Waals surface area contributed by atoms with Crippen LogP contribution in [0.3, 0.4) is 0 Å². The molecule has 0 aliphatic rings. The molecule has 0 spiro atoms. The second-order valence-corrected chi connectivity index (χ2v) is 7.90. The third-order valence-electron chi connectivity index (χ3n) is 4.55. The first kappa shape index (κ1) is 17.8. The molecule has 27 heavy (non-hydrogen) atoms. The van der Waals surface area contributed by atoms with Crippen molar-refractivity contribution in [2.24, 2.45) is 0 Å². The van der Waals surface area contributed by atoms with Crippen molar-refractivity contribution >= 4 is 33.2 Å². The SMILES string of the molecule is COc1ccc(-c2c(C)sc3nc(-c4ccccc4Cl)[nH]c(=O)c23)cc1C. The first-order valence-corrected chi connectivity index (χ1v) is 9.62. The number of aromatic nitrogens is 2.